The standard InChI is InChI=1S/C42H57N3O6/c1-4-7-10-13-16-34-25-31(19-22-37(34)46)28-43-40(49)44(29-32-20-23-38(47)35(26-32)17-14-11-8-5-2)42(51)45(41(43)50)30-33-21-24-39(48)36(27-33)18-15-12-9-6-3/h19-27,46-48H,4-18,28-30H2,1-3H3. The Morgan fingerprint density at radius 3 is 0.941 bits per heavy atom. The van der Waals surface area contributed by atoms with Gasteiger partial charge in [-0.05, 0) is 90.1 Å². The average Bonchev–Trinajstić information content (AvgIpc) is 3.12. The number of unbranched alkanes of at least 4 members (excludes halogenated alkanes) is 9. The van der Waals surface area contributed by atoms with E-state index < -0.39 is 17.1 Å². The van der Waals surface area contributed by atoms with Gasteiger partial charge in [-0.15, -0.1) is 0 Å². The fourth-order valence-corrected chi connectivity index (χ4v) is 6.68. The minimum Gasteiger partial charge on any atom is -0.508 e. The fourth-order valence-electron chi connectivity index (χ4n) is 6.68. The second kappa shape index (κ2) is 19.8. The summed E-state index contributed by atoms with van der Waals surface area (Å²) in [5.74, 6) is 0.543. The summed E-state index contributed by atoms with van der Waals surface area (Å²) in [4.78, 5) is 42.2. The quantitative estimate of drug-likeness (QED) is 0.0762. The summed E-state index contributed by atoms with van der Waals surface area (Å²) in [6.07, 6.45) is 14.6. The third kappa shape index (κ3) is 11.0. The van der Waals surface area contributed by atoms with Gasteiger partial charge in [-0.1, -0.05) is 115 Å². The van der Waals surface area contributed by atoms with Crippen LogP contribution in [0.15, 0.2) is 69.0 Å². The van der Waals surface area contributed by atoms with E-state index in [1.54, 1.807) is 36.4 Å². The molecule has 4 aromatic rings. The van der Waals surface area contributed by atoms with Crippen molar-refractivity contribution in [1.29, 1.82) is 0 Å². The molecule has 0 atom stereocenters. The van der Waals surface area contributed by atoms with Crippen LogP contribution >= 0.6 is 0 Å². The summed E-state index contributed by atoms with van der Waals surface area (Å²) < 4.78 is 3.27. The molecule has 0 spiro atoms. The van der Waals surface area contributed by atoms with Gasteiger partial charge in [0.15, 0.2) is 0 Å². The summed E-state index contributed by atoms with van der Waals surface area (Å²) in [5.41, 5.74) is 2.13. The first kappa shape index (κ1) is 39.3. The second-order valence-corrected chi connectivity index (χ2v) is 13.9. The van der Waals surface area contributed by atoms with Crippen LogP contribution in [0.3, 0.4) is 0 Å². The van der Waals surface area contributed by atoms with Crippen LogP contribution in [-0.2, 0) is 38.9 Å². The lowest BCUT2D eigenvalue weighted by molar-refractivity contribution is 0.464. The highest BCUT2D eigenvalue weighted by Gasteiger charge is 2.18. The summed E-state index contributed by atoms with van der Waals surface area (Å²) in [7, 11) is 0. The first-order chi connectivity index (χ1) is 24.7. The molecule has 51 heavy (non-hydrogen) atoms. The number of aromatic hydroxyl groups is 3. The lowest BCUT2D eigenvalue weighted by Crippen LogP contribution is -2.54. The molecule has 9 heteroatoms. The van der Waals surface area contributed by atoms with Crippen LogP contribution in [0.4, 0.5) is 0 Å². The molecule has 0 aliphatic carbocycles. The van der Waals surface area contributed by atoms with Gasteiger partial charge in [-0.3, -0.25) is 0 Å². The van der Waals surface area contributed by atoms with Crippen LogP contribution in [0.5, 0.6) is 17.2 Å². The van der Waals surface area contributed by atoms with Crippen LogP contribution in [0.25, 0.3) is 0 Å². The van der Waals surface area contributed by atoms with Crippen LogP contribution in [0, 0.1) is 0 Å². The van der Waals surface area contributed by atoms with Gasteiger partial charge in [0.1, 0.15) is 17.2 Å². The zero-order chi connectivity index (χ0) is 36.8. The number of rotatable bonds is 21. The maximum Gasteiger partial charge on any atom is 0.336 e. The lowest BCUT2D eigenvalue weighted by Gasteiger charge is -2.16. The molecule has 4 rings (SSSR count). The number of phenols is 3. The smallest absolute Gasteiger partial charge is 0.336 e. The largest absolute Gasteiger partial charge is 0.508 e. The maximum atomic E-state index is 14.1. The van der Waals surface area contributed by atoms with Gasteiger partial charge < -0.3 is 15.3 Å². The summed E-state index contributed by atoms with van der Waals surface area (Å²) in [5, 5.41) is 31.6. The lowest BCUT2D eigenvalue weighted by atomic mass is 10.0. The van der Waals surface area contributed by atoms with E-state index in [1.807, 2.05) is 18.2 Å². The highest BCUT2D eigenvalue weighted by Crippen LogP contribution is 2.24. The molecule has 0 aliphatic heterocycles. The van der Waals surface area contributed by atoms with Gasteiger partial charge in [-0.25, -0.2) is 28.1 Å². The molecule has 3 aromatic carbocycles. The van der Waals surface area contributed by atoms with Crippen LogP contribution < -0.4 is 17.1 Å². The van der Waals surface area contributed by atoms with E-state index in [-0.39, 0.29) is 36.9 Å². The molecule has 276 valence electrons. The monoisotopic (exact) mass is 699 g/mol. The number of hydrogen-bond acceptors (Lipinski definition) is 6. The number of nitrogens with zero attached hydrogens (tertiary/aromatic N) is 3. The van der Waals surface area contributed by atoms with Crippen LogP contribution in [0.2, 0.25) is 0 Å². The zero-order valence-corrected chi connectivity index (χ0v) is 30.8. The Labute approximate surface area is 301 Å². The van der Waals surface area contributed by atoms with E-state index in [9.17, 15) is 29.7 Å². The predicted octanol–water partition coefficient (Wildman–Crippen LogP) is 7.80. The minimum atomic E-state index is -0.723. The van der Waals surface area contributed by atoms with Crippen LogP contribution in [-0.4, -0.2) is 29.0 Å². The van der Waals surface area contributed by atoms with E-state index in [4.69, 9.17) is 0 Å². The van der Waals surface area contributed by atoms with E-state index in [1.165, 1.54) is 0 Å². The van der Waals surface area contributed by atoms with Crippen molar-refractivity contribution in [2.24, 2.45) is 0 Å². The second-order valence-electron chi connectivity index (χ2n) is 13.9. The molecule has 0 radical (unpaired) electrons. The highest BCUT2D eigenvalue weighted by atomic mass is 16.3. The molecule has 0 unspecified atom stereocenters. The Balaban J connectivity index is 1.75. The van der Waals surface area contributed by atoms with Gasteiger partial charge in [0.25, 0.3) is 0 Å². The SMILES string of the molecule is CCCCCCc1cc(Cn2c(=O)n(Cc3ccc(O)c(CCCCCC)c3)c(=O)n(Cc3ccc(O)c(CCCCCC)c3)c2=O)ccc1O. The van der Waals surface area contributed by atoms with E-state index in [0.29, 0.717) is 36.0 Å². The van der Waals surface area contributed by atoms with Crippen molar-refractivity contribution in [3.05, 3.63) is 119 Å². The normalized spacial score (nSPS) is 11.4. The topological polar surface area (TPSA) is 127 Å². The third-order valence-electron chi connectivity index (χ3n) is 9.74. The molecule has 1 aromatic heterocycles. The summed E-state index contributed by atoms with van der Waals surface area (Å²) in [6, 6.07) is 15.4. The number of aromatic nitrogens is 3. The third-order valence-corrected chi connectivity index (χ3v) is 9.74. The molecule has 0 amide bonds. The maximum absolute atomic E-state index is 14.1. The Bertz CT molecular complexity index is 1660. The number of phenolic OH excluding ortho intramolecular Hbond substituents is 3. The molecule has 1 heterocycles. The van der Waals surface area contributed by atoms with Crippen molar-refractivity contribution in [2.45, 2.75) is 137 Å². The molecule has 0 aliphatic rings. The van der Waals surface area contributed by atoms with E-state index in [2.05, 4.69) is 20.8 Å². The molecule has 0 saturated heterocycles. The van der Waals surface area contributed by atoms with Gasteiger partial charge in [-0.2, -0.15) is 0 Å². The van der Waals surface area contributed by atoms with E-state index >= 15 is 0 Å². The van der Waals surface area contributed by atoms with Crippen LogP contribution in [0.1, 0.15) is 131 Å². The average molecular weight is 700 g/mol. The Morgan fingerprint density at radius 1 is 0.412 bits per heavy atom. The Hall–Kier alpha value is -4.53. The van der Waals surface area contributed by atoms with Crippen molar-refractivity contribution in [3.63, 3.8) is 0 Å². The Kier molecular flexibility index (Phi) is 15.2. The number of hydrogen-bond donors (Lipinski definition) is 3. The van der Waals surface area contributed by atoms with Crippen molar-refractivity contribution in [3.8, 4) is 17.2 Å². The number of benzene rings is 3. The van der Waals surface area contributed by atoms with Gasteiger partial charge in [0, 0.05) is 0 Å². The molecular weight excluding hydrogens is 642 g/mol. The molecular formula is C42H57N3O6. The first-order valence-corrected chi connectivity index (χ1v) is 19.0. The Morgan fingerprint density at radius 2 is 0.686 bits per heavy atom. The fraction of sp³-hybridized carbons (Fsp3) is 0.500. The van der Waals surface area contributed by atoms with Gasteiger partial charge >= 0.3 is 17.1 Å². The van der Waals surface area contributed by atoms with Gasteiger partial charge in [0.05, 0.1) is 19.6 Å². The van der Waals surface area contributed by atoms with Crippen molar-refractivity contribution < 1.29 is 15.3 Å². The molecule has 0 fully saturated rings. The first-order valence-electron chi connectivity index (χ1n) is 19.0. The van der Waals surface area contributed by atoms with Crippen molar-refractivity contribution in [2.75, 3.05) is 0 Å². The number of aryl methyl sites for hydroxylation is 3. The predicted molar refractivity (Wildman–Crippen MR) is 204 cm³/mol. The molecule has 0 saturated carbocycles. The summed E-state index contributed by atoms with van der Waals surface area (Å²) in [6.45, 7) is 6.22. The van der Waals surface area contributed by atoms with Crippen molar-refractivity contribution >= 4 is 0 Å². The zero-order valence-electron chi connectivity index (χ0n) is 30.8. The van der Waals surface area contributed by atoms with Crippen molar-refractivity contribution in [1.82, 2.24) is 13.7 Å². The van der Waals surface area contributed by atoms with Gasteiger partial charge in [0.2, 0.25) is 0 Å². The van der Waals surface area contributed by atoms with E-state index in [0.717, 1.165) is 107 Å². The molecule has 3 N–H and O–H groups in total. The highest BCUT2D eigenvalue weighted by molar-refractivity contribution is 5.38. The molecule has 0 bridgehead atoms. The molecule has 9 nitrogen and oxygen atoms in total. The summed E-state index contributed by atoms with van der Waals surface area (Å²) >= 11 is 0. The minimum absolute atomic E-state index is 0.0727.